The largest absolute Gasteiger partial charge is 0.480 e. The van der Waals surface area contributed by atoms with E-state index in [0.29, 0.717) is 12.4 Å². The van der Waals surface area contributed by atoms with Crippen LogP contribution in [0.3, 0.4) is 0 Å². The molecule has 0 radical (unpaired) electrons. The highest BCUT2D eigenvalue weighted by molar-refractivity contribution is 5.36. The van der Waals surface area contributed by atoms with Crippen LogP contribution in [0.25, 0.3) is 5.69 Å². The van der Waals surface area contributed by atoms with Crippen molar-refractivity contribution in [2.75, 3.05) is 7.11 Å². The van der Waals surface area contributed by atoms with Gasteiger partial charge in [-0.15, -0.1) is 5.10 Å². The third kappa shape index (κ3) is 1.92. The van der Waals surface area contributed by atoms with E-state index in [9.17, 15) is 0 Å². The van der Waals surface area contributed by atoms with Crippen molar-refractivity contribution in [3.05, 3.63) is 41.6 Å². The Balaban J connectivity index is 2.45. The van der Waals surface area contributed by atoms with Gasteiger partial charge in [0.25, 0.3) is 0 Å². The zero-order chi connectivity index (χ0) is 11.5. The second-order valence-corrected chi connectivity index (χ2v) is 3.63. The van der Waals surface area contributed by atoms with Crippen molar-refractivity contribution in [3.63, 3.8) is 0 Å². The molecule has 1 aromatic carbocycles. The highest BCUT2D eigenvalue weighted by Gasteiger charge is 2.07. The van der Waals surface area contributed by atoms with Crippen molar-refractivity contribution in [1.82, 2.24) is 9.78 Å². The van der Waals surface area contributed by atoms with Crippen LogP contribution in [0.1, 0.15) is 11.3 Å². The number of aryl methyl sites for hydroxylation is 1. The van der Waals surface area contributed by atoms with Crippen molar-refractivity contribution >= 4 is 0 Å². The van der Waals surface area contributed by atoms with Crippen LogP contribution in [0.2, 0.25) is 0 Å². The van der Waals surface area contributed by atoms with Gasteiger partial charge < -0.3 is 10.5 Å². The van der Waals surface area contributed by atoms with Gasteiger partial charge in [0, 0.05) is 12.6 Å². The summed E-state index contributed by atoms with van der Waals surface area (Å²) in [5.41, 5.74) is 8.82. The van der Waals surface area contributed by atoms with Crippen LogP contribution in [0.5, 0.6) is 5.88 Å². The van der Waals surface area contributed by atoms with Crippen molar-refractivity contribution in [1.29, 1.82) is 0 Å². The third-order valence-corrected chi connectivity index (χ3v) is 2.46. The molecule has 4 heteroatoms. The molecule has 1 aromatic heterocycles. The van der Waals surface area contributed by atoms with E-state index in [-0.39, 0.29) is 0 Å². The number of hydrogen-bond donors (Lipinski definition) is 1. The topological polar surface area (TPSA) is 53.1 Å². The van der Waals surface area contributed by atoms with Gasteiger partial charge in [0.1, 0.15) is 0 Å². The van der Waals surface area contributed by atoms with Crippen molar-refractivity contribution in [3.8, 4) is 11.6 Å². The minimum atomic E-state index is 0.435. The summed E-state index contributed by atoms with van der Waals surface area (Å²) < 4.78 is 6.90. The van der Waals surface area contributed by atoms with E-state index >= 15 is 0 Å². The van der Waals surface area contributed by atoms with Crippen LogP contribution in [-0.4, -0.2) is 16.9 Å². The SMILES string of the molecule is COc1cc(CN)n(-c2ccc(C)cc2)n1. The summed E-state index contributed by atoms with van der Waals surface area (Å²) in [6, 6.07) is 9.97. The molecule has 0 spiro atoms. The summed E-state index contributed by atoms with van der Waals surface area (Å²) in [6.07, 6.45) is 0. The van der Waals surface area contributed by atoms with E-state index in [4.69, 9.17) is 10.5 Å². The number of nitrogens with two attached hydrogens (primary N) is 1. The first-order chi connectivity index (χ1) is 7.74. The molecule has 0 saturated carbocycles. The number of ether oxygens (including phenoxy) is 1. The summed E-state index contributed by atoms with van der Waals surface area (Å²) in [7, 11) is 1.60. The fourth-order valence-electron chi connectivity index (χ4n) is 1.55. The van der Waals surface area contributed by atoms with Crippen LogP contribution in [0.4, 0.5) is 0 Å². The van der Waals surface area contributed by atoms with Gasteiger partial charge in [-0.2, -0.15) is 0 Å². The minimum absolute atomic E-state index is 0.435. The third-order valence-electron chi connectivity index (χ3n) is 2.46. The molecule has 0 saturated heterocycles. The highest BCUT2D eigenvalue weighted by Crippen LogP contribution is 2.17. The molecular weight excluding hydrogens is 202 g/mol. The summed E-state index contributed by atoms with van der Waals surface area (Å²) in [4.78, 5) is 0. The smallest absolute Gasteiger partial charge is 0.233 e. The number of methoxy groups -OCH3 is 1. The predicted octanol–water partition coefficient (Wildman–Crippen LogP) is 1.65. The molecule has 2 aromatic rings. The Morgan fingerprint density at radius 1 is 1.31 bits per heavy atom. The van der Waals surface area contributed by atoms with Crippen LogP contribution >= 0.6 is 0 Å². The maximum Gasteiger partial charge on any atom is 0.233 e. The molecule has 1 heterocycles. The lowest BCUT2D eigenvalue weighted by Gasteiger charge is -2.05. The highest BCUT2D eigenvalue weighted by atomic mass is 16.5. The Labute approximate surface area is 94.6 Å². The fourth-order valence-corrected chi connectivity index (χ4v) is 1.55. The minimum Gasteiger partial charge on any atom is -0.480 e. The van der Waals surface area contributed by atoms with Crippen molar-refractivity contribution in [2.24, 2.45) is 5.73 Å². The molecule has 0 aliphatic heterocycles. The Morgan fingerprint density at radius 2 is 2.00 bits per heavy atom. The van der Waals surface area contributed by atoms with Gasteiger partial charge in [-0.1, -0.05) is 17.7 Å². The predicted molar refractivity (Wildman–Crippen MR) is 62.7 cm³/mol. The van der Waals surface area contributed by atoms with Crippen LogP contribution in [-0.2, 0) is 6.54 Å². The molecule has 4 nitrogen and oxygen atoms in total. The lowest BCUT2D eigenvalue weighted by atomic mass is 10.2. The second-order valence-electron chi connectivity index (χ2n) is 3.63. The molecule has 0 atom stereocenters. The maximum absolute atomic E-state index is 5.67. The first kappa shape index (κ1) is 10.7. The molecule has 0 aliphatic rings. The molecule has 2 rings (SSSR count). The molecule has 2 N–H and O–H groups in total. The molecule has 0 aliphatic carbocycles. The Kier molecular flexibility index (Phi) is 2.92. The first-order valence-corrected chi connectivity index (χ1v) is 5.14. The fraction of sp³-hybridized carbons (Fsp3) is 0.250. The average molecular weight is 217 g/mol. The number of aromatic nitrogens is 2. The Hall–Kier alpha value is -1.81. The lowest BCUT2D eigenvalue weighted by molar-refractivity contribution is 0.394. The average Bonchev–Trinajstić information content (AvgIpc) is 2.73. The Bertz CT molecular complexity index is 474. The second kappa shape index (κ2) is 4.37. The van der Waals surface area contributed by atoms with Gasteiger partial charge >= 0.3 is 0 Å². The normalized spacial score (nSPS) is 10.4. The number of benzene rings is 1. The zero-order valence-electron chi connectivity index (χ0n) is 9.47. The van der Waals surface area contributed by atoms with E-state index < -0.39 is 0 Å². The van der Waals surface area contributed by atoms with Gasteiger partial charge in [-0.05, 0) is 19.1 Å². The van der Waals surface area contributed by atoms with Gasteiger partial charge in [0.05, 0.1) is 18.5 Å². The van der Waals surface area contributed by atoms with E-state index in [1.807, 2.05) is 30.3 Å². The van der Waals surface area contributed by atoms with Crippen molar-refractivity contribution in [2.45, 2.75) is 13.5 Å². The standard InChI is InChI=1S/C12H15N3O/c1-9-3-5-10(6-4-9)15-11(8-13)7-12(14-15)16-2/h3-7H,8,13H2,1-2H3. The van der Waals surface area contributed by atoms with E-state index in [0.717, 1.165) is 11.4 Å². The van der Waals surface area contributed by atoms with Crippen molar-refractivity contribution < 1.29 is 4.74 Å². The van der Waals surface area contributed by atoms with E-state index in [2.05, 4.69) is 12.0 Å². The molecule has 84 valence electrons. The summed E-state index contributed by atoms with van der Waals surface area (Å²) in [5, 5.41) is 4.31. The van der Waals surface area contributed by atoms with Crippen LogP contribution in [0.15, 0.2) is 30.3 Å². The molecule has 0 bridgehead atoms. The van der Waals surface area contributed by atoms with Gasteiger partial charge in [-0.25, -0.2) is 4.68 Å². The van der Waals surface area contributed by atoms with Crippen LogP contribution in [0, 0.1) is 6.92 Å². The Morgan fingerprint density at radius 3 is 2.56 bits per heavy atom. The summed E-state index contributed by atoms with van der Waals surface area (Å²) >= 11 is 0. The van der Waals surface area contributed by atoms with E-state index in [1.54, 1.807) is 11.8 Å². The molecule has 0 unspecified atom stereocenters. The van der Waals surface area contributed by atoms with E-state index in [1.165, 1.54) is 5.56 Å². The van der Waals surface area contributed by atoms with Gasteiger partial charge in [0.2, 0.25) is 5.88 Å². The first-order valence-electron chi connectivity index (χ1n) is 5.14. The lowest BCUT2D eigenvalue weighted by Crippen LogP contribution is -2.06. The summed E-state index contributed by atoms with van der Waals surface area (Å²) in [6.45, 7) is 2.49. The van der Waals surface area contributed by atoms with Gasteiger partial charge in [-0.3, -0.25) is 0 Å². The monoisotopic (exact) mass is 217 g/mol. The molecular formula is C12H15N3O. The number of hydrogen-bond acceptors (Lipinski definition) is 3. The van der Waals surface area contributed by atoms with Gasteiger partial charge in [0.15, 0.2) is 0 Å². The maximum atomic E-state index is 5.67. The molecule has 16 heavy (non-hydrogen) atoms. The summed E-state index contributed by atoms with van der Waals surface area (Å²) in [5.74, 6) is 0.584. The molecule has 0 amide bonds. The van der Waals surface area contributed by atoms with Crippen LogP contribution < -0.4 is 10.5 Å². The number of rotatable bonds is 3. The zero-order valence-corrected chi connectivity index (χ0v) is 9.47. The number of nitrogens with zero attached hydrogens (tertiary/aromatic N) is 2. The molecule has 0 fully saturated rings. The quantitative estimate of drug-likeness (QED) is 0.850.